The van der Waals surface area contributed by atoms with Crippen LogP contribution in [0.25, 0.3) is 0 Å². The number of carbonyl (C=O) groups is 1. The van der Waals surface area contributed by atoms with Crippen molar-refractivity contribution >= 4 is 5.91 Å². The Bertz CT molecular complexity index is 1600. The van der Waals surface area contributed by atoms with Gasteiger partial charge in [-0.05, 0) is 68.3 Å². The SMILES string of the molecule is COc1cc(C)ccc1C(=O)N1CCN(Cc2cnc(C)n2Cc2ccc(C#N)c(Oc3cccnc3C)c2)CC1. The third-order valence-electron chi connectivity index (χ3n) is 7.46. The lowest BCUT2D eigenvalue weighted by atomic mass is 10.1. The van der Waals surface area contributed by atoms with Crippen molar-refractivity contribution in [2.24, 2.45) is 0 Å². The van der Waals surface area contributed by atoms with Gasteiger partial charge in [0.05, 0.1) is 29.6 Å². The molecule has 0 unspecified atom stereocenters. The minimum Gasteiger partial charge on any atom is -0.496 e. The van der Waals surface area contributed by atoms with Crippen LogP contribution in [0.4, 0.5) is 0 Å². The van der Waals surface area contributed by atoms with Crippen molar-refractivity contribution in [1.82, 2.24) is 24.3 Å². The Balaban J connectivity index is 1.26. The number of nitriles is 1. The highest BCUT2D eigenvalue weighted by molar-refractivity contribution is 5.97. The lowest BCUT2D eigenvalue weighted by Gasteiger charge is -2.35. The van der Waals surface area contributed by atoms with Crippen molar-refractivity contribution in [3.8, 4) is 23.3 Å². The molecule has 9 heteroatoms. The van der Waals surface area contributed by atoms with Crippen molar-refractivity contribution in [2.45, 2.75) is 33.9 Å². The van der Waals surface area contributed by atoms with Crippen LogP contribution in [-0.2, 0) is 13.1 Å². The van der Waals surface area contributed by atoms with Gasteiger partial charge in [-0.2, -0.15) is 5.26 Å². The maximum Gasteiger partial charge on any atom is 0.257 e. The fraction of sp³-hybridized carbons (Fsp3) is 0.312. The van der Waals surface area contributed by atoms with E-state index in [0.29, 0.717) is 48.0 Å². The predicted octanol–water partition coefficient (Wildman–Crippen LogP) is 4.88. The van der Waals surface area contributed by atoms with E-state index in [0.717, 1.165) is 48.0 Å². The number of benzene rings is 2. The summed E-state index contributed by atoms with van der Waals surface area (Å²) >= 11 is 0. The molecule has 41 heavy (non-hydrogen) atoms. The van der Waals surface area contributed by atoms with E-state index in [1.807, 2.05) is 74.3 Å². The van der Waals surface area contributed by atoms with Crippen LogP contribution in [0.15, 0.2) is 60.9 Å². The van der Waals surface area contributed by atoms with E-state index in [1.165, 1.54) is 0 Å². The van der Waals surface area contributed by atoms with Crippen LogP contribution in [0.1, 0.15) is 44.3 Å². The molecule has 2 aromatic heterocycles. The lowest BCUT2D eigenvalue weighted by molar-refractivity contribution is 0.0622. The zero-order chi connectivity index (χ0) is 28.9. The highest BCUT2D eigenvalue weighted by Crippen LogP contribution is 2.28. The molecule has 2 aromatic carbocycles. The van der Waals surface area contributed by atoms with Crippen LogP contribution in [0.3, 0.4) is 0 Å². The van der Waals surface area contributed by atoms with Crippen LogP contribution >= 0.6 is 0 Å². The number of aromatic nitrogens is 3. The largest absolute Gasteiger partial charge is 0.496 e. The number of nitrogens with zero attached hydrogens (tertiary/aromatic N) is 6. The van der Waals surface area contributed by atoms with Gasteiger partial charge in [0, 0.05) is 51.7 Å². The quantitative estimate of drug-likeness (QED) is 0.308. The summed E-state index contributed by atoms with van der Waals surface area (Å²) in [4.78, 5) is 26.3. The Kier molecular flexibility index (Phi) is 8.31. The molecule has 3 heterocycles. The molecule has 0 radical (unpaired) electrons. The first kappa shape index (κ1) is 27.9. The maximum atomic E-state index is 13.2. The number of ether oxygens (including phenoxy) is 2. The molecule has 0 N–H and O–H groups in total. The standard InChI is InChI=1S/C32H34N6O3/c1-22-7-10-28(31(16-22)40-4)32(39)37-14-12-36(13-15-37)21-27-19-35-24(3)38(27)20-25-8-9-26(18-33)30(17-25)41-29-6-5-11-34-23(29)2/h5-11,16-17,19H,12-15,20-21H2,1-4H3. The number of amides is 1. The van der Waals surface area contributed by atoms with E-state index in [2.05, 4.69) is 25.5 Å². The molecule has 4 aromatic rings. The second kappa shape index (κ2) is 12.2. The molecule has 5 rings (SSSR count). The fourth-order valence-electron chi connectivity index (χ4n) is 5.06. The van der Waals surface area contributed by atoms with Gasteiger partial charge in [0.2, 0.25) is 0 Å². The number of hydrogen-bond donors (Lipinski definition) is 0. The summed E-state index contributed by atoms with van der Waals surface area (Å²) in [5, 5.41) is 9.64. The number of aryl methyl sites for hydroxylation is 3. The first-order valence-electron chi connectivity index (χ1n) is 13.7. The van der Waals surface area contributed by atoms with Crippen LogP contribution in [-0.4, -0.2) is 63.5 Å². The highest BCUT2D eigenvalue weighted by Gasteiger charge is 2.25. The number of imidazole rings is 1. The second-order valence-corrected chi connectivity index (χ2v) is 10.3. The third kappa shape index (κ3) is 6.23. The van der Waals surface area contributed by atoms with Gasteiger partial charge in [-0.3, -0.25) is 14.7 Å². The lowest BCUT2D eigenvalue weighted by Crippen LogP contribution is -2.48. The topological polar surface area (TPSA) is 96.5 Å². The van der Waals surface area contributed by atoms with E-state index in [9.17, 15) is 10.1 Å². The molecule has 1 aliphatic heterocycles. The summed E-state index contributed by atoms with van der Waals surface area (Å²) < 4.78 is 13.7. The zero-order valence-corrected chi connectivity index (χ0v) is 23.9. The molecule has 0 aliphatic carbocycles. The Morgan fingerprint density at radius 2 is 1.76 bits per heavy atom. The average Bonchev–Trinajstić information content (AvgIpc) is 3.32. The van der Waals surface area contributed by atoms with Crippen LogP contribution < -0.4 is 9.47 Å². The summed E-state index contributed by atoms with van der Waals surface area (Å²) in [5.41, 5.74) is 4.99. The number of rotatable bonds is 8. The van der Waals surface area contributed by atoms with Crippen molar-refractivity contribution in [2.75, 3.05) is 33.3 Å². The molecule has 0 bridgehead atoms. The van der Waals surface area contributed by atoms with Crippen LogP contribution in [0.2, 0.25) is 0 Å². The van der Waals surface area contributed by atoms with Gasteiger partial charge in [0.15, 0.2) is 0 Å². The predicted molar refractivity (Wildman–Crippen MR) is 155 cm³/mol. The minimum absolute atomic E-state index is 0.00250. The molecule has 1 fully saturated rings. The normalized spacial score (nSPS) is 13.6. The molecule has 9 nitrogen and oxygen atoms in total. The number of piperazine rings is 1. The van der Waals surface area contributed by atoms with Crippen molar-refractivity contribution < 1.29 is 14.3 Å². The Labute approximate surface area is 240 Å². The van der Waals surface area contributed by atoms with Gasteiger partial charge < -0.3 is 18.9 Å². The molecule has 1 saturated heterocycles. The second-order valence-electron chi connectivity index (χ2n) is 10.3. The molecule has 1 aliphatic rings. The Hall–Kier alpha value is -4.68. The zero-order valence-electron chi connectivity index (χ0n) is 23.9. The van der Waals surface area contributed by atoms with E-state index >= 15 is 0 Å². The smallest absolute Gasteiger partial charge is 0.257 e. The van der Waals surface area contributed by atoms with Crippen LogP contribution in [0, 0.1) is 32.1 Å². The number of carbonyl (C=O) groups excluding carboxylic acids is 1. The fourth-order valence-corrected chi connectivity index (χ4v) is 5.06. The molecule has 0 atom stereocenters. The molecular formula is C32H34N6O3. The van der Waals surface area contributed by atoms with Crippen molar-refractivity contribution in [1.29, 1.82) is 5.26 Å². The van der Waals surface area contributed by atoms with E-state index in [1.54, 1.807) is 19.4 Å². The molecular weight excluding hydrogens is 516 g/mol. The van der Waals surface area contributed by atoms with Crippen molar-refractivity contribution in [3.05, 3.63) is 100 Å². The summed E-state index contributed by atoms with van der Waals surface area (Å²) in [7, 11) is 1.60. The van der Waals surface area contributed by atoms with E-state index in [-0.39, 0.29) is 5.91 Å². The van der Waals surface area contributed by atoms with Gasteiger partial charge in [0.1, 0.15) is 29.1 Å². The van der Waals surface area contributed by atoms with Gasteiger partial charge in [0.25, 0.3) is 5.91 Å². The van der Waals surface area contributed by atoms with Crippen LogP contribution in [0.5, 0.6) is 17.2 Å². The first-order chi connectivity index (χ1) is 19.9. The Morgan fingerprint density at radius 1 is 0.951 bits per heavy atom. The molecule has 0 saturated carbocycles. The monoisotopic (exact) mass is 550 g/mol. The third-order valence-corrected chi connectivity index (χ3v) is 7.46. The Morgan fingerprint density at radius 3 is 2.49 bits per heavy atom. The van der Waals surface area contributed by atoms with E-state index in [4.69, 9.17) is 9.47 Å². The van der Waals surface area contributed by atoms with Gasteiger partial charge >= 0.3 is 0 Å². The maximum absolute atomic E-state index is 13.2. The number of methoxy groups -OCH3 is 1. The van der Waals surface area contributed by atoms with Gasteiger partial charge in [-0.1, -0.05) is 12.1 Å². The van der Waals surface area contributed by atoms with Gasteiger partial charge in [-0.15, -0.1) is 0 Å². The first-order valence-corrected chi connectivity index (χ1v) is 13.7. The summed E-state index contributed by atoms with van der Waals surface area (Å²) in [5.74, 6) is 2.66. The van der Waals surface area contributed by atoms with Crippen molar-refractivity contribution in [3.63, 3.8) is 0 Å². The number of hydrogen-bond acceptors (Lipinski definition) is 7. The number of pyridine rings is 1. The highest BCUT2D eigenvalue weighted by atomic mass is 16.5. The van der Waals surface area contributed by atoms with E-state index < -0.39 is 0 Å². The molecule has 1 amide bonds. The average molecular weight is 551 g/mol. The summed E-state index contributed by atoms with van der Waals surface area (Å²) in [6, 6.07) is 17.2. The molecule has 0 spiro atoms. The molecule has 210 valence electrons. The summed E-state index contributed by atoms with van der Waals surface area (Å²) in [6.45, 7) is 10.0. The van der Waals surface area contributed by atoms with Gasteiger partial charge in [-0.25, -0.2) is 4.98 Å². The minimum atomic E-state index is 0.00250. The summed E-state index contributed by atoms with van der Waals surface area (Å²) in [6.07, 6.45) is 3.64.